The Hall–Kier alpha value is -2.48. The van der Waals surface area contributed by atoms with Crippen LogP contribution in [0.1, 0.15) is 20.7 Å². The third-order valence-corrected chi connectivity index (χ3v) is 3.30. The molecule has 1 aliphatic rings. The molecule has 2 N–H and O–H groups in total. The Balaban J connectivity index is 2.25. The number of amides is 2. The van der Waals surface area contributed by atoms with E-state index in [1.54, 1.807) is 6.07 Å². The van der Waals surface area contributed by atoms with Gasteiger partial charge in [0.15, 0.2) is 0 Å². The fraction of sp³-hybridized carbons (Fsp3) is 0.0909. The molecule has 19 heavy (non-hydrogen) atoms. The highest BCUT2D eigenvalue weighted by Crippen LogP contribution is 2.23. The van der Waals surface area contributed by atoms with Gasteiger partial charge in [-0.3, -0.25) is 19.6 Å². The first kappa shape index (κ1) is 11.6. The molecule has 0 saturated carbocycles. The van der Waals surface area contributed by atoms with Crippen molar-refractivity contribution >= 4 is 24.0 Å². The summed E-state index contributed by atoms with van der Waals surface area (Å²) in [7, 11) is 1.42. The highest BCUT2D eigenvalue weighted by molar-refractivity contribution is 7.71. The van der Waals surface area contributed by atoms with Gasteiger partial charge in [-0.25, -0.2) is 14.5 Å². The van der Waals surface area contributed by atoms with Crippen LogP contribution >= 0.6 is 12.2 Å². The van der Waals surface area contributed by atoms with Crippen molar-refractivity contribution in [1.82, 2.24) is 19.7 Å². The number of aromatic nitrogens is 3. The van der Waals surface area contributed by atoms with E-state index in [2.05, 4.69) is 10.2 Å². The van der Waals surface area contributed by atoms with Crippen LogP contribution in [0.4, 0.5) is 0 Å². The van der Waals surface area contributed by atoms with Crippen LogP contribution in [0.25, 0.3) is 5.69 Å². The molecular weight excluding hydrogens is 268 g/mol. The molecule has 0 saturated heterocycles. The number of rotatable bonds is 1. The Morgan fingerprint density at radius 1 is 1.05 bits per heavy atom. The minimum atomic E-state index is -0.435. The molecule has 0 bridgehead atoms. The number of hydrogen-bond donors (Lipinski definition) is 2. The lowest BCUT2D eigenvalue weighted by molar-refractivity contribution is 0.0693. The minimum absolute atomic E-state index is 0.190. The molecule has 0 radical (unpaired) electrons. The molecule has 2 amide bonds. The van der Waals surface area contributed by atoms with E-state index in [1.807, 2.05) is 0 Å². The van der Waals surface area contributed by atoms with Crippen molar-refractivity contribution in [2.75, 3.05) is 7.05 Å². The number of H-pyrrole nitrogens is 2. The summed E-state index contributed by atoms with van der Waals surface area (Å²) in [5.41, 5.74) is 0.597. The van der Waals surface area contributed by atoms with Crippen molar-refractivity contribution in [1.29, 1.82) is 0 Å². The van der Waals surface area contributed by atoms with Crippen LogP contribution in [0, 0.1) is 4.77 Å². The number of carbonyl (C=O) groups is 2. The molecule has 0 spiro atoms. The second-order valence-electron chi connectivity index (χ2n) is 4.09. The van der Waals surface area contributed by atoms with Crippen molar-refractivity contribution in [3.05, 3.63) is 44.6 Å². The predicted molar refractivity (Wildman–Crippen MR) is 68.0 cm³/mol. The second-order valence-corrected chi connectivity index (χ2v) is 4.48. The third-order valence-electron chi connectivity index (χ3n) is 3.01. The quantitative estimate of drug-likeness (QED) is 0.584. The molecule has 1 aliphatic heterocycles. The highest BCUT2D eigenvalue weighted by Gasteiger charge is 2.32. The second kappa shape index (κ2) is 3.75. The lowest BCUT2D eigenvalue weighted by Crippen LogP contribution is -2.24. The molecule has 2 heterocycles. The van der Waals surface area contributed by atoms with E-state index in [0.717, 1.165) is 4.90 Å². The number of aromatic amines is 2. The van der Waals surface area contributed by atoms with E-state index in [4.69, 9.17) is 12.2 Å². The molecule has 7 nitrogen and oxygen atoms in total. The lowest BCUT2D eigenvalue weighted by Gasteiger charge is -2.02. The van der Waals surface area contributed by atoms with E-state index < -0.39 is 5.69 Å². The van der Waals surface area contributed by atoms with E-state index in [9.17, 15) is 14.4 Å². The van der Waals surface area contributed by atoms with Crippen LogP contribution < -0.4 is 5.69 Å². The molecule has 0 aliphatic carbocycles. The number of hydrogen-bond acceptors (Lipinski definition) is 4. The van der Waals surface area contributed by atoms with Crippen molar-refractivity contribution in [3.63, 3.8) is 0 Å². The topological polar surface area (TPSA) is 91.0 Å². The van der Waals surface area contributed by atoms with Gasteiger partial charge in [0.05, 0.1) is 16.8 Å². The summed E-state index contributed by atoms with van der Waals surface area (Å²) in [6.07, 6.45) is 0. The summed E-state index contributed by atoms with van der Waals surface area (Å²) in [6, 6.07) is 4.57. The Morgan fingerprint density at radius 3 is 2.37 bits per heavy atom. The van der Waals surface area contributed by atoms with Crippen molar-refractivity contribution in [3.8, 4) is 5.69 Å². The average molecular weight is 276 g/mol. The molecule has 0 unspecified atom stereocenters. The summed E-state index contributed by atoms with van der Waals surface area (Å²) in [4.78, 5) is 36.3. The monoisotopic (exact) mass is 276 g/mol. The van der Waals surface area contributed by atoms with Gasteiger partial charge >= 0.3 is 5.69 Å². The van der Waals surface area contributed by atoms with Crippen molar-refractivity contribution in [2.45, 2.75) is 0 Å². The summed E-state index contributed by atoms with van der Waals surface area (Å²) in [6.45, 7) is 0. The molecule has 3 rings (SSSR count). The number of nitrogens with zero attached hydrogens (tertiary/aromatic N) is 2. The summed E-state index contributed by atoms with van der Waals surface area (Å²) in [5, 5.41) is 4.86. The van der Waals surface area contributed by atoms with Crippen LogP contribution in [0.15, 0.2) is 23.0 Å². The van der Waals surface area contributed by atoms with Crippen molar-refractivity contribution in [2.24, 2.45) is 0 Å². The van der Waals surface area contributed by atoms with Crippen LogP contribution in [-0.4, -0.2) is 38.5 Å². The molecular formula is C11H8N4O3S. The molecule has 2 aromatic rings. The van der Waals surface area contributed by atoms with Crippen LogP contribution in [0.3, 0.4) is 0 Å². The minimum Gasteiger partial charge on any atom is -0.277 e. The largest absolute Gasteiger partial charge is 0.347 e. The Kier molecular flexibility index (Phi) is 2.29. The van der Waals surface area contributed by atoms with Gasteiger partial charge in [-0.15, -0.1) is 0 Å². The van der Waals surface area contributed by atoms with Gasteiger partial charge < -0.3 is 0 Å². The van der Waals surface area contributed by atoms with Crippen molar-refractivity contribution < 1.29 is 9.59 Å². The normalized spacial score (nSPS) is 14.1. The van der Waals surface area contributed by atoms with E-state index in [1.165, 1.54) is 23.7 Å². The molecule has 0 fully saturated rings. The summed E-state index contributed by atoms with van der Waals surface area (Å²) in [5.74, 6) is -0.738. The van der Waals surface area contributed by atoms with Gasteiger partial charge in [-0.2, -0.15) is 0 Å². The maximum atomic E-state index is 11.9. The number of fused-ring (bicyclic) bond motifs is 1. The zero-order valence-corrected chi connectivity index (χ0v) is 10.6. The SMILES string of the molecule is CN1C(=O)c2ccc(-n3c(=O)[nH][nH]c3=S)cc2C1=O. The standard InChI is InChI=1S/C11H8N4O3S/c1-14-8(16)6-3-2-5(4-7(6)9(14)17)15-10(18)12-13-11(15)19/h2-4H,1H3,(H,12,18)(H,13,19). The number of nitrogens with one attached hydrogen (secondary N) is 2. The maximum Gasteiger partial charge on any atom is 0.347 e. The molecule has 1 aromatic carbocycles. The maximum absolute atomic E-state index is 11.9. The van der Waals surface area contributed by atoms with Gasteiger partial charge in [0.25, 0.3) is 11.8 Å². The van der Waals surface area contributed by atoms with Gasteiger partial charge in [0, 0.05) is 7.05 Å². The molecule has 0 atom stereocenters. The Morgan fingerprint density at radius 2 is 1.74 bits per heavy atom. The highest BCUT2D eigenvalue weighted by atomic mass is 32.1. The Labute approximate surface area is 111 Å². The van der Waals surface area contributed by atoms with E-state index in [0.29, 0.717) is 11.3 Å². The van der Waals surface area contributed by atoms with Crippen LogP contribution in [-0.2, 0) is 0 Å². The van der Waals surface area contributed by atoms with Crippen LogP contribution in [0.5, 0.6) is 0 Å². The number of imide groups is 1. The molecule has 8 heteroatoms. The average Bonchev–Trinajstić information content (AvgIpc) is 2.84. The third kappa shape index (κ3) is 1.50. The van der Waals surface area contributed by atoms with Gasteiger partial charge in [-0.05, 0) is 30.4 Å². The number of benzene rings is 1. The molecule has 1 aromatic heterocycles. The smallest absolute Gasteiger partial charge is 0.277 e. The fourth-order valence-electron chi connectivity index (χ4n) is 2.03. The zero-order valence-electron chi connectivity index (χ0n) is 9.76. The van der Waals surface area contributed by atoms with Gasteiger partial charge in [-0.1, -0.05) is 0 Å². The zero-order chi connectivity index (χ0) is 13.7. The van der Waals surface area contributed by atoms with Crippen LogP contribution in [0.2, 0.25) is 0 Å². The first-order valence-corrected chi connectivity index (χ1v) is 5.78. The lowest BCUT2D eigenvalue weighted by atomic mass is 10.1. The van der Waals surface area contributed by atoms with Gasteiger partial charge in [0.1, 0.15) is 0 Å². The molecule has 96 valence electrons. The number of carbonyl (C=O) groups excluding carboxylic acids is 2. The fourth-order valence-corrected chi connectivity index (χ4v) is 2.27. The Bertz CT molecular complexity index is 801. The predicted octanol–water partition coefficient (Wildman–Crippen LogP) is 0.449. The first-order chi connectivity index (χ1) is 9.00. The van der Waals surface area contributed by atoms with Gasteiger partial charge in [0.2, 0.25) is 4.77 Å². The van der Waals surface area contributed by atoms with E-state index in [-0.39, 0.29) is 22.1 Å². The summed E-state index contributed by atoms with van der Waals surface area (Å²) >= 11 is 4.97. The first-order valence-electron chi connectivity index (χ1n) is 5.37. The van der Waals surface area contributed by atoms with E-state index >= 15 is 0 Å². The summed E-state index contributed by atoms with van der Waals surface area (Å²) < 4.78 is 1.40.